The third kappa shape index (κ3) is 1.35. The zero-order chi connectivity index (χ0) is 11.2. The Morgan fingerprint density at radius 1 is 1.31 bits per heavy atom. The van der Waals surface area contributed by atoms with Crippen molar-refractivity contribution in [2.45, 2.75) is 32.4 Å². The van der Waals surface area contributed by atoms with Crippen molar-refractivity contribution in [3.8, 4) is 0 Å². The quantitative estimate of drug-likeness (QED) is 0.677. The van der Waals surface area contributed by atoms with Gasteiger partial charge in [-0.1, -0.05) is 18.2 Å². The predicted octanol–water partition coefficient (Wildman–Crippen LogP) is 2.69. The van der Waals surface area contributed by atoms with E-state index in [2.05, 4.69) is 41.8 Å². The van der Waals surface area contributed by atoms with Gasteiger partial charge >= 0.3 is 0 Å². The fourth-order valence-electron chi connectivity index (χ4n) is 2.49. The maximum atomic E-state index is 5.92. The summed E-state index contributed by atoms with van der Waals surface area (Å²) in [5, 5.41) is 5.86. The molecular formula is C13H16N2O. The molecule has 0 atom stereocenters. The Kier molecular flexibility index (Phi) is 2.04. The van der Waals surface area contributed by atoms with Gasteiger partial charge < -0.3 is 4.74 Å². The van der Waals surface area contributed by atoms with Crippen LogP contribution in [0, 0.1) is 0 Å². The molecule has 3 heteroatoms. The molecule has 0 fully saturated rings. The first-order valence-corrected chi connectivity index (χ1v) is 5.78. The van der Waals surface area contributed by atoms with Gasteiger partial charge in [-0.05, 0) is 26.3 Å². The van der Waals surface area contributed by atoms with E-state index in [0.717, 1.165) is 25.1 Å². The number of nitrogens with zero attached hydrogens (tertiary/aromatic N) is 2. The third-order valence-corrected chi connectivity index (χ3v) is 3.19. The summed E-state index contributed by atoms with van der Waals surface area (Å²) in [6, 6.07) is 8.28. The summed E-state index contributed by atoms with van der Waals surface area (Å²) < 4.78 is 8.03. The molecular weight excluding hydrogens is 200 g/mol. The minimum atomic E-state index is -0.243. The Balaban J connectivity index is 2.32. The topological polar surface area (TPSA) is 27.1 Å². The molecule has 0 amide bonds. The summed E-state index contributed by atoms with van der Waals surface area (Å²) >= 11 is 0. The molecule has 0 unspecified atom stereocenters. The normalized spacial score (nSPS) is 19.4. The number of aryl methyl sites for hydroxylation is 1. The van der Waals surface area contributed by atoms with E-state index in [1.165, 1.54) is 11.1 Å². The van der Waals surface area contributed by atoms with Gasteiger partial charge in [0.05, 0.1) is 11.2 Å². The largest absolute Gasteiger partial charge is 0.369 e. The molecule has 0 N–H and O–H groups in total. The number of ether oxygens (including phenoxy) is 1. The van der Waals surface area contributed by atoms with Crippen LogP contribution >= 0.6 is 0 Å². The Labute approximate surface area is 95.0 Å². The molecule has 0 bridgehead atoms. The fraction of sp³-hybridized carbons (Fsp3) is 0.462. The summed E-state index contributed by atoms with van der Waals surface area (Å²) in [4.78, 5) is 0. The molecule has 0 spiro atoms. The number of aromatic nitrogens is 2. The first kappa shape index (κ1) is 9.85. The lowest BCUT2D eigenvalue weighted by Crippen LogP contribution is -2.23. The van der Waals surface area contributed by atoms with Crippen molar-refractivity contribution in [3.63, 3.8) is 0 Å². The highest BCUT2D eigenvalue weighted by atomic mass is 16.5. The molecule has 2 heterocycles. The first-order valence-electron chi connectivity index (χ1n) is 5.78. The van der Waals surface area contributed by atoms with Crippen LogP contribution in [0.25, 0.3) is 10.9 Å². The van der Waals surface area contributed by atoms with Gasteiger partial charge in [-0.15, -0.1) is 0 Å². The van der Waals surface area contributed by atoms with E-state index in [9.17, 15) is 0 Å². The first-order chi connectivity index (χ1) is 7.68. The molecule has 16 heavy (non-hydrogen) atoms. The van der Waals surface area contributed by atoms with E-state index in [4.69, 9.17) is 4.74 Å². The Morgan fingerprint density at radius 3 is 3.00 bits per heavy atom. The molecule has 3 nitrogen and oxygen atoms in total. The Morgan fingerprint density at radius 2 is 2.12 bits per heavy atom. The number of fused-ring (bicyclic) bond motifs is 3. The average Bonchev–Trinajstić information content (AvgIpc) is 2.56. The second kappa shape index (κ2) is 3.32. The van der Waals surface area contributed by atoms with Gasteiger partial charge in [-0.2, -0.15) is 5.10 Å². The number of hydrogen-bond donors (Lipinski definition) is 0. The molecule has 0 aliphatic carbocycles. The summed E-state index contributed by atoms with van der Waals surface area (Å²) in [6.45, 7) is 6.01. The highest BCUT2D eigenvalue weighted by Gasteiger charge is 2.30. The van der Waals surface area contributed by atoms with Crippen LogP contribution in [0.2, 0.25) is 0 Å². The Hall–Kier alpha value is -1.35. The van der Waals surface area contributed by atoms with Gasteiger partial charge in [0.2, 0.25) is 0 Å². The van der Waals surface area contributed by atoms with Crippen molar-refractivity contribution in [2.24, 2.45) is 0 Å². The Bertz CT molecular complexity index is 528. The molecule has 1 aliphatic rings. The van der Waals surface area contributed by atoms with Gasteiger partial charge in [0.15, 0.2) is 0 Å². The van der Waals surface area contributed by atoms with E-state index in [0.29, 0.717) is 0 Å². The molecule has 84 valence electrons. The van der Waals surface area contributed by atoms with Crippen molar-refractivity contribution in [1.29, 1.82) is 0 Å². The van der Waals surface area contributed by atoms with Crippen molar-refractivity contribution in [1.82, 2.24) is 9.78 Å². The van der Waals surface area contributed by atoms with Gasteiger partial charge in [-0.25, -0.2) is 0 Å². The SMILES string of the molecule is CC1(C)OCCCn2nc3ccccc3c21. The van der Waals surface area contributed by atoms with Crippen LogP contribution in [-0.2, 0) is 16.9 Å². The molecule has 0 radical (unpaired) electrons. The number of rotatable bonds is 0. The van der Waals surface area contributed by atoms with Crippen LogP contribution < -0.4 is 0 Å². The van der Waals surface area contributed by atoms with Crippen LogP contribution in [0.1, 0.15) is 26.0 Å². The van der Waals surface area contributed by atoms with Crippen molar-refractivity contribution in [3.05, 3.63) is 30.0 Å². The lowest BCUT2D eigenvalue weighted by atomic mass is 10.0. The van der Waals surface area contributed by atoms with E-state index >= 15 is 0 Å². The molecule has 1 aliphatic heterocycles. The van der Waals surface area contributed by atoms with Crippen LogP contribution in [0.3, 0.4) is 0 Å². The predicted molar refractivity (Wildman–Crippen MR) is 63.3 cm³/mol. The average molecular weight is 216 g/mol. The molecule has 1 aromatic heterocycles. The number of benzene rings is 1. The van der Waals surface area contributed by atoms with Crippen LogP contribution in [0.15, 0.2) is 24.3 Å². The highest BCUT2D eigenvalue weighted by molar-refractivity contribution is 5.82. The zero-order valence-electron chi connectivity index (χ0n) is 9.73. The molecule has 3 rings (SSSR count). The maximum Gasteiger partial charge on any atom is 0.105 e. The standard InChI is InChI=1S/C13H16N2O/c1-13(2)12-10-6-3-4-7-11(10)14-15(12)8-5-9-16-13/h3-4,6-7H,5,8-9H2,1-2H3. The minimum absolute atomic E-state index is 0.243. The van der Waals surface area contributed by atoms with Gasteiger partial charge in [0.25, 0.3) is 0 Å². The molecule has 0 saturated heterocycles. The maximum absolute atomic E-state index is 5.92. The summed E-state index contributed by atoms with van der Waals surface area (Å²) in [5.41, 5.74) is 2.03. The monoisotopic (exact) mass is 216 g/mol. The van der Waals surface area contributed by atoms with Crippen molar-refractivity contribution >= 4 is 10.9 Å². The van der Waals surface area contributed by atoms with Gasteiger partial charge in [0, 0.05) is 18.5 Å². The van der Waals surface area contributed by atoms with Crippen molar-refractivity contribution in [2.75, 3.05) is 6.61 Å². The molecule has 1 aromatic carbocycles. The smallest absolute Gasteiger partial charge is 0.105 e. The summed E-state index contributed by atoms with van der Waals surface area (Å²) in [5.74, 6) is 0. The van der Waals surface area contributed by atoms with Gasteiger partial charge in [0.1, 0.15) is 5.60 Å². The van der Waals surface area contributed by atoms with Crippen molar-refractivity contribution < 1.29 is 4.74 Å². The summed E-state index contributed by atoms with van der Waals surface area (Å²) in [7, 11) is 0. The van der Waals surface area contributed by atoms with E-state index < -0.39 is 0 Å². The van der Waals surface area contributed by atoms with Gasteiger partial charge in [-0.3, -0.25) is 4.68 Å². The highest BCUT2D eigenvalue weighted by Crippen LogP contribution is 2.33. The lowest BCUT2D eigenvalue weighted by molar-refractivity contribution is -0.0181. The van der Waals surface area contributed by atoms with E-state index in [1.807, 2.05) is 6.07 Å². The van der Waals surface area contributed by atoms with E-state index in [-0.39, 0.29) is 5.60 Å². The fourth-order valence-corrected chi connectivity index (χ4v) is 2.49. The number of hydrogen-bond acceptors (Lipinski definition) is 2. The molecule has 2 aromatic rings. The molecule has 0 saturated carbocycles. The van der Waals surface area contributed by atoms with Crippen LogP contribution in [-0.4, -0.2) is 16.4 Å². The van der Waals surface area contributed by atoms with Crippen LogP contribution in [0.4, 0.5) is 0 Å². The second-order valence-electron chi connectivity index (χ2n) is 4.80. The third-order valence-electron chi connectivity index (χ3n) is 3.19. The zero-order valence-corrected chi connectivity index (χ0v) is 9.73. The van der Waals surface area contributed by atoms with E-state index in [1.54, 1.807) is 0 Å². The van der Waals surface area contributed by atoms with Crippen LogP contribution in [0.5, 0.6) is 0 Å². The second-order valence-corrected chi connectivity index (χ2v) is 4.80. The minimum Gasteiger partial charge on any atom is -0.369 e. The summed E-state index contributed by atoms with van der Waals surface area (Å²) in [6.07, 6.45) is 1.03. The lowest BCUT2D eigenvalue weighted by Gasteiger charge is -2.23.